The molecule has 9 nitrogen and oxygen atoms in total. The van der Waals surface area contributed by atoms with Gasteiger partial charge in [-0.1, -0.05) is 30.8 Å². The number of carbonyl (C=O) groups is 1. The number of benzene rings is 1. The average Bonchev–Trinajstić information content (AvgIpc) is 3.27. The Morgan fingerprint density at radius 1 is 1.18 bits per heavy atom. The maximum Gasteiger partial charge on any atom is 0.325 e. The maximum absolute atomic E-state index is 14.7. The van der Waals surface area contributed by atoms with Crippen LogP contribution in [0.1, 0.15) is 31.1 Å². The van der Waals surface area contributed by atoms with E-state index in [4.69, 9.17) is 4.52 Å². The first kappa shape index (κ1) is 23.4. The van der Waals surface area contributed by atoms with E-state index in [1.165, 1.54) is 28.5 Å². The van der Waals surface area contributed by atoms with Crippen molar-refractivity contribution in [2.45, 2.75) is 31.8 Å². The van der Waals surface area contributed by atoms with Gasteiger partial charge in [-0.15, -0.1) is 0 Å². The number of thioether (sulfide) groups is 1. The number of nitrogens with zero attached hydrogens (tertiary/aromatic N) is 4. The molecule has 176 valence electrons. The largest absolute Gasteiger partial charge is 0.359 e. The quantitative estimate of drug-likeness (QED) is 0.306. The Morgan fingerprint density at radius 2 is 1.94 bits per heavy atom. The first-order chi connectivity index (χ1) is 16.2. The van der Waals surface area contributed by atoms with Crippen LogP contribution in [0.15, 0.2) is 44.9 Å². The summed E-state index contributed by atoms with van der Waals surface area (Å²) in [7, 11) is 1.63. The van der Waals surface area contributed by atoms with Gasteiger partial charge >= 0.3 is 6.03 Å². The predicted octanol–water partition coefficient (Wildman–Crippen LogP) is 4.92. The van der Waals surface area contributed by atoms with Crippen LogP contribution in [0.25, 0.3) is 22.2 Å². The van der Waals surface area contributed by atoms with Crippen LogP contribution >= 0.6 is 11.8 Å². The highest BCUT2D eigenvalue weighted by Gasteiger charge is 2.17. The van der Waals surface area contributed by atoms with Crippen molar-refractivity contribution in [3.63, 3.8) is 0 Å². The molecule has 1 aromatic carbocycles. The zero-order valence-electron chi connectivity index (χ0n) is 19.3. The fraction of sp³-hybridized carbons (Fsp3) is 0.261. The van der Waals surface area contributed by atoms with Gasteiger partial charge in [-0.25, -0.2) is 19.2 Å². The summed E-state index contributed by atoms with van der Waals surface area (Å²) in [4.78, 5) is 34.3. The minimum atomic E-state index is -0.693. The molecule has 0 unspecified atom stereocenters. The number of anilines is 2. The van der Waals surface area contributed by atoms with Crippen molar-refractivity contribution in [2.24, 2.45) is 7.05 Å². The number of fused-ring (bicyclic) bond motifs is 1. The van der Waals surface area contributed by atoms with E-state index in [0.29, 0.717) is 38.6 Å². The van der Waals surface area contributed by atoms with Crippen LogP contribution in [0.4, 0.5) is 20.7 Å². The molecule has 0 fully saturated rings. The first-order valence-corrected chi connectivity index (χ1v) is 11.7. The minimum Gasteiger partial charge on any atom is -0.359 e. The van der Waals surface area contributed by atoms with Gasteiger partial charge in [0.05, 0.1) is 5.69 Å². The molecule has 4 aromatic rings. The molecule has 0 aliphatic rings. The van der Waals surface area contributed by atoms with Gasteiger partial charge in [0.25, 0.3) is 5.56 Å². The number of rotatable bonds is 5. The van der Waals surface area contributed by atoms with Gasteiger partial charge in [-0.05, 0) is 42.5 Å². The summed E-state index contributed by atoms with van der Waals surface area (Å²) >= 11 is 1.38. The van der Waals surface area contributed by atoms with E-state index in [-0.39, 0.29) is 23.0 Å². The Morgan fingerprint density at radius 3 is 2.62 bits per heavy atom. The van der Waals surface area contributed by atoms with Gasteiger partial charge in [0, 0.05) is 36.2 Å². The molecule has 0 saturated heterocycles. The molecule has 0 saturated carbocycles. The lowest BCUT2D eigenvalue weighted by Gasteiger charge is -2.13. The number of nitrogens with one attached hydrogen (secondary N) is 2. The van der Waals surface area contributed by atoms with Gasteiger partial charge in [-0.3, -0.25) is 14.7 Å². The van der Waals surface area contributed by atoms with Crippen LogP contribution in [0.5, 0.6) is 0 Å². The summed E-state index contributed by atoms with van der Waals surface area (Å²) in [6, 6.07) is 5.29. The Bertz CT molecular complexity index is 1460. The lowest BCUT2D eigenvalue weighted by atomic mass is 9.99. The third-order valence-corrected chi connectivity index (χ3v) is 5.86. The molecule has 11 heteroatoms. The highest BCUT2D eigenvalue weighted by atomic mass is 32.2. The molecule has 0 atom stereocenters. The number of urea groups is 1. The van der Waals surface area contributed by atoms with Gasteiger partial charge in [-0.2, -0.15) is 0 Å². The Kier molecular flexibility index (Phi) is 6.38. The van der Waals surface area contributed by atoms with Gasteiger partial charge in [0.15, 0.2) is 11.0 Å². The van der Waals surface area contributed by atoms with Gasteiger partial charge in [0.1, 0.15) is 17.2 Å². The van der Waals surface area contributed by atoms with Crippen LogP contribution in [0, 0.1) is 12.7 Å². The molecule has 0 aliphatic carbocycles. The summed E-state index contributed by atoms with van der Waals surface area (Å²) < 4.78 is 21.3. The van der Waals surface area contributed by atoms with E-state index < -0.39 is 11.8 Å². The number of hydrogen-bond donors (Lipinski definition) is 2. The summed E-state index contributed by atoms with van der Waals surface area (Å²) in [6.07, 6.45) is 3.50. The van der Waals surface area contributed by atoms with Crippen LogP contribution in [0.3, 0.4) is 0 Å². The Labute approximate surface area is 198 Å². The smallest absolute Gasteiger partial charge is 0.325 e. The molecule has 0 spiro atoms. The topological polar surface area (TPSA) is 115 Å². The Balaban J connectivity index is 1.69. The summed E-state index contributed by atoms with van der Waals surface area (Å²) in [6.45, 7) is 5.55. The van der Waals surface area contributed by atoms with Crippen LogP contribution in [-0.4, -0.2) is 32.0 Å². The van der Waals surface area contributed by atoms with Crippen molar-refractivity contribution in [3.8, 4) is 11.1 Å². The maximum atomic E-state index is 14.7. The normalized spacial score (nSPS) is 11.3. The van der Waals surface area contributed by atoms with Crippen LogP contribution in [0.2, 0.25) is 0 Å². The van der Waals surface area contributed by atoms with Crippen molar-refractivity contribution in [1.29, 1.82) is 0 Å². The standard InChI is InChI=1S/C23H23FN6O3S/c1-11(2)18-9-19(29-33-18)27-22(32)26-17-8-14(12(3)6-16(17)24)15-7-13-10-25-23(34-5)28-20(13)30(4)21(15)31/h6-11H,1-5H3,(H2,26,27,29,32). The molecule has 3 heterocycles. The third-order valence-electron chi connectivity index (χ3n) is 5.30. The minimum absolute atomic E-state index is 0.0817. The fourth-order valence-electron chi connectivity index (χ4n) is 3.47. The van der Waals surface area contributed by atoms with Crippen molar-refractivity contribution in [1.82, 2.24) is 19.7 Å². The zero-order valence-corrected chi connectivity index (χ0v) is 20.1. The number of aromatic nitrogens is 4. The van der Waals surface area contributed by atoms with Crippen molar-refractivity contribution < 1.29 is 13.7 Å². The fourth-order valence-corrected chi connectivity index (χ4v) is 3.81. The zero-order chi connectivity index (χ0) is 24.6. The summed E-state index contributed by atoms with van der Waals surface area (Å²) in [5.41, 5.74) is 1.48. The van der Waals surface area contributed by atoms with Crippen molar-refractivity contribution in [2.75, 3.05) is 16.9 Å². The Hall–Kier alpha value is -3.73. The lowest BCUT2D eigenvalue weighted by molar-refractivity contribution is 0.261. The van der Waals surface area contributed by atoms with Crippen LogP contribution in [-0.2, 0) is 7.05 Å². The van der Waals surface area contributed by atoms with Crippen molar-refractivity contribution >= 4 is 40.3 Å². The van der Waals surface area contributed by atoms with Crippen LogP contribution < -0.4 is 16.2 Å². The summed E-state index contributed by atoms with van der Waals surface area (Å²) in [5, 5.41) is 10.00. The number of hydrogen-bond acceptors (Lipinski definition) is 7. The highest BCUT2D eigenvalue weighted by Crippen LogP contribution is 2.29. The van der Waals surface area contributed by atoms with Crippen molar-refractivity contribution in [3.05, 3.63) is 58.0 Å². The molecule has 34 heavy (non-hydrogen) atoms. The molecule has 2 N–H and O–H groups in total. The highest BCUT2D eigenvalue weighted by molar-refractivity contribution is 7.98. The second kappa shape index (κ2) is 9.26. The second-order valence-corrected chi connectivity index (χ2v) is 8.83. The van der Waals surface area contributed by atoms with Gasteiger partial charge < -0.3 is 9.84 Å². The van der Waals surface area contributed by atoms with E-state index in [2.05, 4.69) is 25.8 Å². The van der Waals surface area contributed by atoms with E-state index >= 15 is 0 Å². The number of carbonyl (C=O) groups excluding carboxylic acids is 1. The van der Waals surface area contributed by atoms with Gasteiger partial charge in [0.2, 0.25) is 0 Å². The molecule has 2 amide bonds. The monoisotopic (exact) mass is 482 g/mol. The molecular weight excluding hydrogens is 459 g/mol. The SMILES string of the molecule is CSc1ncc2cc(-c3cc(NC(=O)Nc4cc(C(C)C)on4)c(F)cc3C)c(=O)n(C)c2n1. The molecule has 0 radical (unpaired) electrons. The van der Waals surface area contributed by atoms with E-state index in [9.17, 15) is 14.0 Å². The molecule has 4 rings (SSSR count). The number of pyridine rings is 1. The molecule has 0 aliphatic heterocycles. The first-order valence-electron chi connectivity index (χ1n) is 10.4. The molecular formula is C23H23FN6O3S. The number of amides is 2. The molecule has 3 aromatic heterocycles. The third kappa shape index (κ3) is 4.51. The number of aryl methyl sites for hydroxylation is 2. The summed E-state index contributed by atoms with van der Waals surface area (Å²) in [5.74, 6) is 0.289. The number of halogens is 1. The second-order valence-electron chi connectivity index (χ2n) is 8.05. The van der Waals surface area contributed by atoms with E-state index in [1.54, 1.807) is 32.3 Å². The van der Waals surface area contributed by atoms with E-state index in [0.717, 1.165) is 0 Å². The molecule has 0 bridgehead atoms. The average molecular weight is 483 g/mol. The lowest BCUT2D eigenvalue weighted by Crippen LogP contribution is -2.22. The van der Waals surface area contributed by atoms with E-state index in [1.807, 2.05) is 20.1 Å². The predicted molar refractivity (Wildman–Crippen MR) is 130 cm³/mol.